The summed E-state index contributed by atoms with van der Waals surface area (Å²) in [4.78, 5) is 2.48. The summed E-state index contributed by atoms with van der Waals surface area (Å²) in [5.74, 6) is 0. The average molecular weight is 370 g/mol. The van der Waals surface area contributed by atoms with Gasteiger partial charge in [0.15, 0.2) is 11.9 Å². The summed E-state index contributed by atoms with van der Waals surface area (Å²) in [6.45, 7) is 3.37. The molecule has 1 saturated heterocycles. The maximum Gasteiger partial charge on any atom is 0.173 e. The molecule has 0 spiro atoms. The van der Waals surface area contributed by atoms with E-state index in [1.165, 1.54) is 41.9 Å². The molecular weight excluding hydrogens is 348 g/mol. The van der Waals surface area contributed by atoms with Crippen molar-refractivity contribution in [3.63, 3.8) is 0 Å². The summed E-state index contributed by atoms with van der Waals surface area (Å²) in [7, 11) is 2.39. The van der Waals surface area contributed by atoms with E-state index in [9.17, 15) is 0 Å². The van der Waals surface area contributed by atoms with E-state index in [0.717, 1.165) is 8.96 Å². The molecule has 0 aliphatic carbocycles. The lowest BCUT2D eigenvalue weighted by atomic mass is 10.1. The molecule has 1 fully saturated rings. The van der Waals surface area contributed by atoms with Crippen molar-refractivity contribution < 1.29 is 4.48 Å². The van der Waals surface area contributed by atoms with E-state index in [2.05, 4.69) is 89.5 Å². The highest BCUT2D eigenvalue weighted by atomic mass is 79.9. The van der Waals surface area contributed by atoms with Gasteiger partial charge in [-0.05, 0) is 43.3 Å². The van der Waals surface area contributed by atoms with Crippen LogP contribution in [0.5, 0.6) is 0 Å². The van der Waals surface area contributed by atoms with E-state index < -0.39 is 0 Å². The second-order valence-electron chi connectivity index (χ2n) is 6.88. The van der Waals surface area contributed by atoms with Crippen LogP contribution in [0.15, 0.2) is 59.2 Å². The van der Waals surface area contributed by atoms with Crippen LogP contribution in [0, 0.1) is 6.92 Å². The van der Waals surface area contributed by atoms with Crippen LogP contribution >= 0.6 is 15.9 Å². The first-order valence-electron chi connectivity index (χ1n) is 8.26. The van der Waals surface area contributed by atoms with Crippen LogP contribution in [0.25, 0.3) is 5.70 Å². The molecule has 2 atom stereocenters. The summed E-state index contributed by atoms with van der Waals surface area (Å²) in [6, 6.07) is 17.7. The Balaban J connectivity index is 1.79. The predicted octanol–water partition coefficient (Wildman–Crippen LogP) is 5.14. The third-order valence-corrected chi connectivity index (χ3v) is 5.88. The average Bonchev–Trinajstić information content (AvgIpc) is 3.05. The molecule has 2 aromatic carbocycles. The number of anilines is 1. The smallest absolute Gasteiger partial charge is 0.173 e. The van der Waals surface area contributed by atoms with Crippen LogP contribution in [-0.4, -0.2) is 24.2 Å². The minimum atomic E-state index is 0.521. The Bertz CT molecular complexity index is 748. The monoisotopic (exact) mass is 369 g/mol. The van der Waals surface area contributed by atoms with Crippen molar-refractivity contribution in [3.8, 4) is 0 Å². The van der Waals surface area contributed by atoms with Gasteiger partial charge in [-0.3, -0.25) is 9.38 Å². The van der Waals surface area contributed by atoms with E-state index in [0.29, 0.717) is 6.17 Å². The Morgan fingerprint density at radius 3 is 2.43 bits per heavy atom. The Hall–Kier alpha value is -1.58. The molecule has 0 saturated carbocycles. The second-order valence-corrected chi connectivity index (χ2v) is 7.79. The van der Waals surface area contributed by atoms with E-state index in [-0.39, 0.29) is 0 Å². The van der Waals surface area contributed by atoms with Gasteiger partial charge in [0, 0.05) is 28.6 Å². The molecule has 2 aromatic rings. The van der Waals surface area contributed by atoms with Crippen LogP contribution < -0.4 is 4.90 Å². The number of halogens is 1. The number of benzene rings is 2. The molecule has 4 rings (SSSR count). The van der Waals surface area contributed by atoms with Gasteiger partial charge in [-0.1, -0.05) is 33.6 Å². The van der Waals surface area contributed by atoms with Crippen LogP contribution in [-0.2, 0) is 0 Å². The summed E-state index contributed by atoms with van der Waals surface area (Å²) < 4.78 is 2.16. The lowest BCUT2D eigenvalue weighted by Gasteiger charge is -2.34. The van der Waals surface area contributed by atoms with E-state index >= 15 is 0 Å². The first-order chi connectivity index (χ1) is 11.1. The first kappa shape index (κ1) is 15.0. The topological polar surface area (TPSA) is 3.24 Å². The Morgan fingerprint density at radius 1 is 1.04 bits per heavy atom. The lowest BCUT2D eigenvalue weighted by molar-refractivity contribution is -0.845. The maximum atomic E-state index is 3.54. The number of hydrogen-bond donors (Lipinski definition) is 0. The van der Waals surface area contributed by atoms with E-state index in [1.54, 1.807) is 0 Å². The van der Waals surface area contributed by atoms with Gasteiger partial charge in [0.05, 0.1) is 19.8 Å². The Labute approximate surface area is 146 Å². The third-order valence-electron chi connectivity index (χ3n) is 5.35. The summed E-state index contributed by atoms with van der Waals surface area (Å²) in [6.07, 6.45) is 5.43. The zero-order valence-corrected chi connectivity index (χ0v) is 15.3. The molecule has 0 amide bonds. The molecule has 0 radical (unpaired) electrons. The zero-order chi connectivity index (χ0) is 16.0. The number of aryl methyl sites for hydroxylation is 1. The highest BCUT2D eigenvalue weighted by Crippen LogP contribution is 2.44. The largest absolute Gasteiger partial charge is 0.292 e. The van der Waals surface area contributed by atoms with Crippen molar-refractivity contribution in [2.75, 3.05) is 18.5 Å². The van der Waals surface area contributed by atoms with Crippen molar-refractivity contribution in [3.05, 3.63) is 70.3 Å². The molecule has 1 unspecified atom stereocenters. The van der Waals surface area contributed by atoms with Gasteiger partial charge in [-0.15, -0.1) is 0 Å². The van der Waals surface area contributed by atoms with Gasteiger partial charge in [0.1, 0.15) is 0 Å². The van der Waals surface area contributed by atoms with Gasteiger partial charge in [0.25, 0.3) is 0 Å². The number of hydrogen-bond acceptors (Lipinski definition) is 1. The summed E-state index contributed by atoms with van der Waals surface area (Å²) in [5.41, 5.74) is 5.39. The molecule has 2 aliphatic rings. The van der Waals surface area contributed by atoms with E-state index in [1.807, 2.05) is 0 Å². The molecule has 3 heteroatoms. The van der Waals surface area contributed by atoms with Crippen molar-refractivity contribution in [2.24, 2.45) is 0 Å². The van der Waals surface area contributed by atoms with Crippen LogP contribution in [0.2, 0.25) is 0 Å². The van der Waals surface area contributed by atoms with E-state index in [4.69, 9.17) is 0 Å². The normalized spacial score (nSPS) is 26.3. The fourth-order valence-corrected chi connectivity index (χ4v) is 4.30. The maximum absolute atomic E-state index is 3.54. The molecule has 2 nitrogen and oxygen atoms in total. The molecule has 2 aliphatic heterocycles. The number of fused-ring (bicyclic) bond motifs is 1. The minimum absolute atomic E-state index is 0.521. The fraction of sp³-hybridized carbons (Fsp3) is 0.300. The van der Waals surface area contributed by atoms with Gasteiger partial charge in [-0.25, -0.2) is 0 Å². The molecule has 2 heterocycles. The Kier molecular flexibility index (Phi) is 3.58. The summed E-state index contributed by atoms with van der Waals surface area (Å²) >= 11 is 3.54. The van der Waals surface area contributed by atoms with Crippen LogP contribution in [0.3, 0.4) is 0 Å². The summed E-state index contributed by atoms with van der Waals surface area (Å²) in [5, 5.41) is 0. The molecular formula is C20H22BrN2+. The van der Waals surface area contributed by atoms with Crippen molar-refractivity contribution in [1.82, 2.24) is 0 Å². The van der Waals surface area contributed by atoms with Crippen molar-refractivity contribution in [2.45, 2.75) is 25.9 Å². The highest BCUT2D eigenvalue weighted by Gasteiger charge is 2.50. The first-order valence-corrected chi connectivity index (χ1v) is 9.06. The highest BCUT2D eigenvalue weighted by molar-refractivity contribution is 9.10. The zero-order valence-electron chi connectivity index (χ0n) is 13.7. The van der Waals surface area contributed by atoms with Gasteiger partial charge in [-0.2, -0.15) is 0 Å². The predicted molar refractivity (Wildman–Crippen MR) is 99.9 cm³/mol. The second kappa shape index (κ2) is 5.50. The van der Waals surface area contributed by atoms with Gasteiger partial charge in [0.2, 0.25) is 0 Å². The standard InChI is InChI=1S/C20H22BrN2/c1-15-5-7-16(8-6-15)19-14-22(18-11-9-17(21)10-12-18)20-4-3-13-23(19,20)2/h5-12,14,20H,3-4,13H2,1-2H3/q+1/t20-,23?/m0/s1. The number of rotatable bonds is 2. The van der Waals surface area contributed by atoms with Gasteiger partial charge < -0.3 is 0 Å². The molecule has 0 aromatic heterocycles. The number of nitrogens with zero attached hydrogens (tertiary/aromatic N) is 2. The SMILES string of the molecule is Cc1ccc(C2=CN(c3ccc(Br)cc3)[C@@H]3CCC[N+]23C)cc1. The van der Waals surface area contributed by atoms with Crippen LogP contribution in [0.4, 0.5) is 5.69 Å². The number of quaternary nitrogens is 1. The molecule has 0 N–H and O–H groups in total. The fourth-order valence-electron chi connectivity index (χ4n) is 4.03. The quantitative estimate of drug-likeness (QED) is 0.662. The Morgan fingerprint density at radius 2 is 1.74 bits per heavy atom. The van der Waals surface area contributed by atoms with Crippen molar-refractivity contribution in [1.29, 1.82) is 0 Å². The molecule has 118 valence electrons. The third kappa shape index (κ3) is 2.43. The molecule has 23 heavy (non-hydrogen) atoms. The minimum Gasteiger partial charge on any atom is -0.292 e. The van der Waals surface area contributed by atoms with Crippen LogP contribution in [0.1, 0.15) is 24.0 Å². The van der Waals surface area contributed by atoms with Crippen molar-refractivity contribution >= 4 is 27.3 Å². The molecule has 0 bridgehead atoms. The van der Waals surface area contributed by atoms with Gasteiger partial charge >= 0.3 is 0 Å². The lowest BCUT2D eigenvalue weighted by Crippen LogP contribution is -2.48.